The lowest BCUT2D eigenvalue weighted by Crippen LogP contribution is -2.43. The van der Waals surface area contributed by atoms with Crippen molar-refractivity contribution in [3.63, 3.8) is 0 Å². The summed E-state index contributed by atoms with van der Waals surface area (Å²) in [5.74, 6) is 4.47. The second-order valence-corrected chi connectivity index (χ2v) is 1.44. The van der Waals surface area contributed by atoms with Gasteiger partial charge in [0.2, 0.25) is 0 Å². The van der Waals surface area contributed by atoms with Gasteiger partial charge in [-0.05, 0) is 0 Å². The molecule has 0 bridgehead atoms. The minimum Gasteiger partial charge on any atom is -0.328 e. The van der Waals surface area contributed by atoms with Crippen molar-refractivity contribution >= 4 is 18.4 Å². The molecule has 0 aliphatic heterocycles. The van der Waals surface area contributed by atoms with E-state index in [1.807, 2.05) is 0 Å². The van der Waals surface area contributed by atoms with Crippen LogP contribution in [0.15, 0.2) is 0 Å². The fourth-order valence-corrected chi connectivity index (χ4v) is 0.232. The van der Waals surface area contributed by atoms with Gasteiger partial charge in [0, 0.05) is 0 Å². The van der Waals surface area contributed by atoms with Crippen molar-refractivity contribution in [2.24, 2.45) is 5.84 Å². The lowest BCUT2D eigenvalue weighted by Gasteiger charge is -2.06. The number of amides is 2. The highest BCUT2D eigenvalue weighted by Gasteiger charge is 2.27. The summed E-state index contributed by atoms with van der Waals surface area (Å²) >= 11 is 0. The maximum atomic E-state index is 11.3. The molecule has 0 atom stereocenters. The van der Waals surface area contributed by atoms with Gasteiger partial charge in [-0.25, -0.2) is 10.6 Å². The predicted molar refractivity (Wildman–Crippen MR) is 34.0 cm³/mol. The summed E-state index contributed by atoms with van der Waals surface area (Å²) in [5.41, 5.74) is 1.49. The van der Waals surface area contributed by atoms with Crippen molar-refractivity contribution in [1.29, 1.82) is 0 Å². The summed E-state index contributed by atoms with van der Waals surface area (Å²) in [4.78, 5) is 10.0. The highest BCUT2D eigenvalue weighted by Crippen LogP contribution is 2.11. The summed E-state index contributed by atoms with van der Waals surface area (Å²) in [7, 11) is 0. The van der Waals surface area contributed by atoms with Crippen LogP contribution in [-0.2, 0) is 0 Å². The minimum absolute atomic E-state index is 0. The Labute approximate surface area is 66.7 Å². The Balaban J connectivity index is 0. The third-order valence-electron chi connectivity index (χ3n) is 0.580. The van der Waals surface area contributed by atoms with Crippen LogP contribution in [-0.4, -0.2) is 18.8 Å². The van der Waals surface area contributed by atoms with Crippen molar-refractivity contribution in [1.82, 2.24) is 10.7 Å². The van der Waals surface area contributed by atoms with Crippen LogP contribution >= 0.6 is 12.4 Å². The van der Waals surface area contributed by atoms with Gasteiger partial charge < -0.3 is 5.32 Å². The lowest BCUT2D eigenvalue weighted by molar-refractivity contribution is -0.122. The van der Waals surface area contributed by atoms with E-state index in [9.17, 15) is 18.0 Å². The summed E-state index contributed by atoms with van der Waals surface area (Å²) in [6.07, 6.45) is -4.40. The van der Waals surface area contributed by atoms with Gasteiger partial charge >= 0.3 is 12.2 Å². The molecule has 68 valence electrons. The average molecular weight is 194 g/mol. The number of hydrazine groups is 1. The number of hydrogen-bond donors (Lipinski definition) is 3. The minimum atomic E-state index is -4.40. The SMILES string of the molecule is Cl.NNC(=O)NCC(F)(F)F. The van der Waals surface area contributed by atoms with Gasteiger partial charge in [-0.1, -0.05) is 0 Å². The predicted octanol–water partition coefficient (Wildman–Crippen LogP) is 0.143. The van der Waals surface area contributed by atoms with Gasteiger partial charge in [-0.15, -0.1) is 12.4 Å². The van der Waals surface area contributed by atoms with Crippen molar-refractivity contribution in [3.05, 3.63) is 0 Å². The highest BCUT2D eigenvalue weighted by atomic mass is 35.5. The van der Waals surface area contributed by atoms with Crippen LogP contribution in [0.3, 0.4) is 0 Å². The number of rotatable bonds is 1. The molecule has 0 aromatic heterocycles. The second kappa shape index (κ2) is 5.03. The van der Waals surface area contributed by atoms with Crippen molar-refractivity contribution in [3.8, 4) is 0 Å². The Bertz CT molecular complexity index is 127. The molecule has 0 rings (SSSR count). The van der Waals surface area contributed by atoms with E-state index in [1.165, 1.54) is 10.7 Å². The van der Waals surface area contributed by atoms with E-state index >= 15 is 0 Å². The largest absolute Gasteiger partial charge is 0.405 e. The molecule has 2 amide bonds. The van der Waals surface area contributed by atoms with Crippen LogP contribution < -0.4 is 16.6 Å². The van der Waals surface area contributed by atoms with E-state index in [1.54, 1.807) is 0 Å². The number of urea groups is 1. The fraction of sp³-hybridized carbons (Fsp3) is 0.667. The number of carbonyl (C=O) groups excluding carboxylic acids is 1. The van der Waals surface area contributed by atoms with E-state index < -0.39 is 18.8 Å². The molecule has 8 heteroatoms. The summed E-state index contributed by atoms with van der Waals surface area (Å²) in [5, 5.41) is 1.47. The molecule has 0 unspecified atom stereocenters. The average Bonchev–Trinajstić information content (AvgIpc) is 1.81. The summed E-state index contributed by atoms with van der Waals surface area (Å²) < 4.78 is 33.8. The van der Waals surface area contributed by atoms with Crippen molar-refractivity contribution < 1.29 is 18.0 Å². The molecule has 4 N–H and O–H groups in total. The van der Waals surface area contributed by atoms with Gasteiger partial charge in [0.05, 0.1) is 0 Å². The third kappa shape index (κ3) is 9.31. The Morgan fingerprint density at radius 1 is 1.45 bits per heavy atom. The topological polar surface area (TPSA) is 67.1 Å². The molecule has 0 saturated heterocycles. The summed E-state index contributed by atoms with van der Waals surface area (Å²) in [6.45, 7) is -1.38. The maximum absolute atomic E-state index is 11.3. The van der Waals surface area contributed by atoms with E-state index in [2.05, 4.69) is 5.84 Å². The quantitative estimate of drug-likeness (QED) is 0.315. The van der Waals surface area contributed by atoms with Crippen LogP contribution in [0.25, 0.3) is 0 Å². The maximum Gasteiger partial charge on any atom is 0.405 e. The molecule has 0 fully saturated rings. The second-order valence-electron chi connectivity index (χ2n) is 1.44. The zero-order valence-corrected chi connectivity index (χ0v) is 6.05. The standard InChI is InChI=1S/C3H6F3N3O.ClH/c4-3(5,6)1-8-2(10)9-7;/h1,7H2,(H2,8,9,10);1H. The monoisotopic (exact) mass is 193 g/mol. The lowest BCUT2D eigenvalue weighted by atomic mass is 10.6. The molecule has 0 aromatic carbocycles. The molecule has 0 spiro atoms. The number of nitrogens with one attached hydrogen (secondary N) is 2. The van der Waals surface area contributed by atoms with Crippen molar-refractivity contribution in [2.45, 2.75) is 6.18 Å². The van der Waals surface area contributed by atoms with Gasteiger partial charge in [-0.3, -0.25) is 5.43 Å². The van der Waals surface area contributed by atoms with Crippen LogP contribution in [0.1, 0.15) is 0 Å². The van der Waals surface area contributed by atoms with E-state index in [0.717, 1.165) is 0 Å². The van der Waals surface area contributed by atoms with Crippen LogP contribution in [0.5, 0.6) is 0 Å². The first kappa shape index (κ1) is 12.9. The number of hydrogen-bond acceptors (Lipinski definition) is 2. The van der Waals surface area contributed by atoms with Gasteiger partial charge in [0.15, 0.2) is 0 Å². The van der Waals surface area contributed by atoms with Gasteiger partial charge in [0.25, 0.3) is 0 Å². The normalized spacial score (nSPS) is 9.82. The van der Waals surface area contributed by atoms with Gasteiger partial charge in [-0.2, -0.15) is 13.2 Å². The zero-order valence-electron chi connectivity index (χ0n) is 5.23. The number of alkyl halides is 3. The number of nitrogens with two attached hydrogens (primary N) is 1. The molecular weight excluding hydrogens is 186 g/mol. The number of carbonyl (C=O) groups is 1. The van der Waals surface area contributed by atoms with E-state index in [-0.39, 0.29) is 12.4 Å². The Hall–Kier alpha value is -0.690. The third-order valence-corrected chi connectivity index (χ3v) is 0.580. The van der Waals surface area contributed by atoms with Crippen LogP contribution in [0.4, 0.5) is 18.0 Å². The van der Waals surface area contributed by atoms with Crippen molar-refractivity contribution in [2.75, 3.05) is 6.54 Å². The number of halogens is 4. The fourth-order valence-electron chi connectivity index (χ4n) is 0.232. The van der Waals surface area contributed by atoms with Crippen LogP contribution in [0, 0.1) is 0 Å². The first-order valence-electron chi connectivity index (χ1n) is 2.27. The molecule has 0 aliphatic rings. The van der Waals surface area contributed by atoms with Gasteiger partial charge in [0.1, 0.15) is 6.54 Å². The Morgan fingerprint density at radius 3 is 2.18 bits per heavy atom. The Kier molecular flexibility index (Phi) is 5.91. The molecule has 4 nitrogen and oxygen atoms in total. The first-order valence-corrected chi connectivity index (χ1v) is 2.27. The summed E-state index contributed by atoms with van der Waals surface area (Å²) in [6, 6.07) is -1.06. The smallest absolute Gasteiger partial charge is 0.328 e. The molecule has 11 heavy (non-hydrogen) atoms. The zero-order chi connectivity index (χ0) is 8.20. The van der Waals surface area contributed by atoms with Crippen LogP contribution in [0.2, 0.25) is 0 Å². The first-order chi connectivity index (χ1) is 4.45. The molecular formula is C3H7ClF3N3O. The Morgan fingerprint density at radius 2 is 1.91 bits per heavy atom. The van der Waals surface area contributed by atoms with E-state index in [4.69, 9.17) is 0 Å². The molecule has 0 radical (unpaired) electrons. The molecule has 0 aromatic rings. The molecule has 0 saturated carbocycles. The molecule has 0 aliphatic carbocycles. The van der Waals surface area contributed by atoms with E-state index in [0.29, 0.717) is 0 Å². The molecule has 0 heterocycles. The highest BCUT2D eigenvalue weighted by molar-refractivity contribution is 5.85.